The first-order valence-corrected chi connectivity index (χ1v) is 12.6. The van der Waals surface area contributed by atoms with E-state index in [4.69, 9.17) is 10.00 Å². The molecule has 8 unspecified atom stereocenters. The summed E-state index contributed by atoms with van der Waals surface area (Å²) in [6, 6.07) is 3.55. The summed E-state index contributed by atoms with van der Waals surface area (Å²) in [6.07, 6.45) is 11.0. The minimum atomic E-state index is -0.645. The second-order valence-corrected chi connectivity index (χ2v) is 11.4. The Bertz CT molecular complexity index is 948. The maximum Gasteiger partial charge on any atom is 0.230 e. The van der Waals surface area contributed by atoms with Crippen molar-refractivity contribution in [1.82, 2.24) is 9.97 Å². The normalized spacial score (nSPS) is 41.9. The number of carbonyl (C=O) groups is 1. The number of nitriles is 1. The number of amides is 1. The average Bonchev–Trinajstić information content (AvgIpc) is 3.16. The predicted molar refractivity (Wildman–Crippen MR) is 123 cm³/mol. The van der Waals surface area contributed by atoms with Gasteiger partial charge in [-0.3, -0.25) is 10.1 Å². The highest BCUT2D eigenvalue weighted by atomic mass is 16.5. The Kier molecular flexibility index (Phi) is 5.95. The zero-order chi connectivity index (χ0) is 23.2. The summed E-state index contributed by atoms with van der Waals surface area (Å²) in [4.78, 5) is 21.6. The molecule has 1 aromatic heterocycles. The van der Waals surface area contributed by atoms with Crippen molar-refractivity contribution in [1.29, 1.82) is 5.26 Å². The van der Waals surface area contributed by atoms with Gasteiger partial charge in [-0.25, -0.2) is 9.97 Å². The van der Waals surface area contributed by atoms with Gasteiger partial charge < -0.3 is 9.84 Å². The van der Waals surface area contributed by atoms with Crippen molar-refractivity contribution < 1.29 is 14.6 Å². The number of methoxy groups -OCH3 is 1. The van der Waals surface area contributed by atoms with E-state index in [9.17, 15) is 9.90 Å². The van der Waals surface area contributed by atoms with Crippen LogP contribution in [0.1, 0.15) is 70.4 Å². The fraction of sp³-hybridized carbons (Fsp3) is 0.769. The predicted octanol–water partition coefficient (Wildman–Crippen LogP) is 3.93. The van der Waals surface area contributed by atoms with E-state index in [1.807, 2.05) is 6.07 Å². The monoisotopic (exact) mass is 452 g/mol. The topological polar surface area (TPSA) is 108 Å². The Morgan fingerprint density at radius 3 is 2.82 bits per heavy atom. The molecule has 0 spiro atoms. The van der Waals surface area contributed by atoms with Crippen LogP contribution in [0.5, 0.6) is 0 Å². The molecule has 178 valence electrons. The van der Waals surface area contributed by atoms with Crippen LogP contribution >= 0.6 is 0 Å². The molecule has 8 atom stereocenters. The molecule has 0 bridgehead atoms. The Hall–Kier alpha value is -2.04. The lowest BCUT2D eigenvalue weighted by Crippen LogP contribution is -2.52. The van der Waals surface area contributed by atoms with Crippen LogP contribution in [0.3, 0.4) is 0 Å². The minimum Gasteiger partial charge on any atom is -0.387 e. The van der Waals surface area contributed by atoms with Gasteiger partial charge in [-0.05, 0) is 98.9 Å². The Labute approximate surface area is 196 Å². The number of hydrogen-bond acceptors (Lipinski definition) is 6. The van der Waals surface area contributed by atoms with Crippen LogP contribution in [0.2, 0.25) is 0 Å². The van der Waals surface area contributed by atoms with Gasteiger partial charge in [0.1, 0.15) is 11.8 Å². The molecule has 4 fully saturated rings. The number of ether oxygens (including phenoxy) is 1. The highest BCUT2D eigenvalue weighted by molar-refractivity contribution is 5.91. The minimum absolute atomic E-state index is 0.00419. The van der Waals surface area contributed by atoms with Gasteiger partial charge in [-0.2, -0.15) is 5.26 Å². The number of rotatable bonds is 4. The molecular weight excluding hydrogens is 416 g/mol. The molecule has 7 nitrogen and oxygen atoms in total. The highest BCUT2D eigenvalue weighted by Crippen LogP contribution is 2.64. The van der Waals surface area contributed by atoms with Gasteiger partial charge in [0, 0.05) is 19.2 Å². The number of nitrogens with zero attached hydrogens (tertiary/aromatic N) is 3. The SMILES string of the molecule is COCC1(O)CCC2C(CCC3C2CCC2(C)C(C(=O)Nc4nccc(C#N)n4)CCC32)C1. The molecule has 4 aliphatic carbocycles. The maximum atomic E-state index is 13.3. The van der Waals surface area contributed by atoms with Crippen LogP contribution in [0, 0.1) is 52.3 Å². The lowest BCUT2D eigenvalue weighted by molar-refractivity contribution is -0.134. The largest absolute Gasteiger partial charge is 0.387 e. The van der Waals surface area contributed by atoms with Gasteiger partial charge in [0.05, 0.1) is 12.2 Å². The molecule has 4 saturated carbocycles. The lowest BCUT2D eigenvalue weighted by atomic mass is 9.49. The molecule has 1 amide bonds. The molecule has 7 heteroatoms. The van der Waals surface area contributed by atoms with Gasteiger partial charge >= 0.3 is 0 Å². The standard InChI is InChI=1S/C26H36N4O3/c1-25-10-7-19-18-8-11-26(32,15-33-2)13-16(18)3-4-20(19)21(25)5-6-22(25)23(31)30-24-28-12-9-17(14-27)29-24/h9,12,16,18-22,32H,3-8,10-11,13,15H2,1-2H3,(H,28,29,30,31). The van der Waals surface area contributed by atoms with Crippen LogP contribution in [0.4, 0.5) is 5.95 Å². The zero-order valence-corrected chi connectivity index (χ0v) is 19.8. The summed E-state index contributed by atoms with van der Waals surface area (Å²) in [7, 11) is 1.68. The molecule has 4 aliphatic rings. The first-order valence-electron chi connectivity index (χ1n) is 12.6. The highest BCUT2D eigenvalue weighted by Gasteiger charge is 2.59. The third-order valence-corrected chi connectivity index (χ3v) is 9.84. The molecule has 2 N–H and O–H groups in total. The summed E-state index contributed by atoms with van der Waals surface area (Å²) >= 11 is 0. The zero-order valence-electron chi connectivity index (χ0n) is 19.8. The molecule has 0 aliphatic heterocycles. The van der Waals surface area contributed by atoms with E-state index in [0.29, 0.717) is 30.3 Å². The van der Waals surface area contributed by atoms with Crippen molar-refractivity contribution in [3.05, 3.63) is 18.0 Å². The summed E-state index contributed by atoms with van der Waals surface area (Å²) in [6.45, 7) is 2.78. The van der Waals surface area contributed by atoms with Gasteiger partial charge in [-0.15, -0.1) is 0 Å². The van der Waals surface area contributed by atoms with E-state index < -0.39 is 5.60 Å². The van der Waals surface area contributed by atoms with Crippen LogP contribution in [-0.4, -0.2) is 40.3 Å². The molecular formula is C26H36N4O3. The average molecular weight is 453 g/mol. The van der Waals surface area contributed by atoms with Gasteiger partial charge in [-0.1, -0.05) is 6.92 Å². The van der Waals surface area contributed by atoms with Crippen molar-refractivity contribution in [2.45, 2.75) is 70.3 Å². The van der Waals surface area contributed by atoms with E-state index in [1.165, 1.54) is 25.5 Å². The second kappa shape index (κ2) is 8.63. The molecule has 0 radical (unpaired) electrons. The summed E-state index contributed by atoms with van der Waals surface area (Å²) in [5.41, 5.74) is -0.373. The van der Waals surface area contributed by atoms with Gasteiger partial charge in [0.15, 0.2) is 0 Å². The number of aliphatic hydroxyl groups is 1. The van der Waals surface area contributed by atoms with E-state index in [-0.39, 0.29) is 28.9 Å². The fourth-order valence-electron chi connectivity index (χ4n) is 8.47. The molecule has 0 aromatic carbocycles. The second-order valence-electron chi connectivity index (χ2n) is 11.4. The van der Waals surface area contributed by atoms with E-state index in [2.05, 4.69) is 22.2 Å². The maximum absolute atomic E-state index is 13.3. The third kappa shape index (κ3) is 3.95. The molecule has 5 rings (SSSR count). The van der Waals surface area contributed by atoms with E-state index in [1.54, 1.807) is 13.2 Å². The van der Waals surface area contributed by atoms with Crippen molar-refractivity contribution in [3.63, 3.8) is 0 Å². The number of nitrogens with one attached hydrogen (secondary N) is 1. The number of anilines is 1. The number of carbonyl (C=O) groups excluding carboxylic acids is 1. The quantitative estimate of drug-likeness (QED) is 0.716. The molecule has 0 saturated heterocycles. The van der Waals surface area contributed by atoms with Crippen LogP contribution < -0.4 is 5.32 Å². The van der Waals surface area contributed by atoms with Crippen molar-refractivity contribution in [2.24, 2.45) is 40.9 Å². The first kappa shape index (κ1) is 22.7. The Morgan fingerprint density at radius 1 is 1.21 bits per heavy atom. The number of fused-ring (bicyclic) bond motifs is 5. The first-order chi connectivity index (χ1) is 15.9. The molecule has 1 aromatic rings. The van der Waals surface area contributed by atoms with Crippen LogP contribution in [0.15, 0.2) is 12.3 Å². The Balaban J connectivity index is 1.28. The van der Waals surface area contributed by atoms with E-state index >= 15 is 0 Å². The lowest BCUT2D eigenvalue weighted by Gasteiger charge is -2.57. The Morgan fingerprint density at radius 2 is 2.03 bits per heavy atom. The number of hydrogen-bond donors (Lipinski definition) is 2. The summed E-state index contributed by atoms with van der Waals surface area (Å²) in [5, 5.41) is 22.9. The van der Waals surface area contributed by atoms with Crippen LogP contribution in [0.25, 0.3) is 0 Å². The summed E-state index contributed by atoms with van der Waals surface area (Å²) in [5.74, 6) is 3.51. The van der Waals surface area contributed by atoms with Gasteiger partial charge in [0.2, 0.25) is 11.9 Å². The number of aromatic nitrogens is 2. The smallest absolute Gasteiger partial charge is 0.230 e. The van der Waals surface area contributed by atoms with Crippen molar-refractivity contribution >= 4 is 11.9 Å². The van der Waals surface area contributed by atoms with Gasteiger partial charge in [0.25, 0.3) is 0 Å². The van der Waals surface area contributed by atoms with Crippen molar-refractivity contribution in [2.75, 3.05) is 19.0 Å². The molecule has 1 heterocycles. The third-order valence-electron chi connectivity index (χ3n) is 9.84. The van der Waals surface area contributed by atoms with Crippen LogP contribution in [-0.2, 0) is 9.53 Å². The van der Waals surface area contributed by atoms with Crippen molar-refractivity contribution in [3.8, 4) is 6.07 Å². The fourth-order valence-corrected chi connectivity index (χ4v) is 8.47. The van der Waals surface area contributed by atoms with E-state index in [0.717, 1.165) is 44.4 Å². The summed E-state index contributed by atoms with van der Waals surface area (Å²) < 4.78 is 5.32. The molecule has 33 heavy (non-hydrogen) atoms.